The Morgan fingerprint density at radius 1 is 0.971 bits per heavy atom. The fraction of sp³-hybridized carbons (Fsp3) is 0.857. The summed E-state index contributed by atoms with van der Waals surface area (Å²) in [5.41, 5.74) is 0. The summed E-state index contributed by atoms with van der Waals surface area (Å²) in [4.78, 5) is 23.7. The third-order valence-corrected chi connectivity index (χ3v) is 8.63. The molecule has 0 aromatic carbocycles. The molecular formula is C28H51N3O2S. The number of hydrogen-bond donors (Lipinski definition) is 3. The lowest BCUT2D eigenvalue weighted by molar-refractivity contribution is -0.121. The van der Waals surface area contributed by atoms with Crippen LogP contribution < -0.4 is 16.0 Å². The number of allylic oxidation sites excluding steroid dienone is 1. The van der Waals surface area contributed by atoms with Crippen molar-refractivity contribution in [1.29, 1.82) is 0 Å². The predicted molar refractivity (Wildman–Crippen MR) is 146 cm³/mol. The highest BCUT2D eigenvalue weighted by atomic mass is 32.2. The standard InChI is InChI=1S/C28H51N3O2S/c1-3-4-5-6-7-8-9-10-11-12-13-14-15-16-19-23(2)29-26(32)21-18-17-20-25-27-24(22-34-25)30-28(33)31-27/h16,19,23-25,27H,3-15,17-18,20-22H2,1-2H3,(H,29,32)(H2,30,31,33)/b19-16+/t23?,24-,25-,27-/m0/s1. The number of urea groups is 1. The maximum Gasteiger partial charge on any atom is 0.315 e. The second kappa shape index (κ2) is 18.1. The molecule has 2 rings (SSSR count). The van der Waals surface area contributed by atoms with E-state index in [1.165, 1.54) is 77.0 Å². The summed E-state index contributed by atoms with van der Waals surface area (Å²) in [6.07, 6.45) is 25.7. The molecule has 0 radical (unpaired) electrons. The van der Waals surface area contributed by atoms with Gasteiger partial charge in [0.1, 0.15) is 0 Å². The molecule has 4 atom stereocenters. The van der Waals surface area contributed by atoms with Crippen molar-refractivity contribution in [2.75, 3.05) is 5.75 Å². The summed E-state index contributed by atoms with van der Waals surface area (Å²) in [5, 5.41) is 9.60. The lowest BCUT2D eigenvalue weighted by atomic mass is 10.0. The van der Waals surface area contributed by atoms with Gasteiger partial charge < -0.3 is 16.0 Å². The fourth-order valence-corrected chi connectivity index (χ4v) is 6.60. The SMILES string of the molecule is CCCCCCCCCCCCCC/C=C/C(C)NC(=O)CCCC[C@@H]1SC[C@@H]2NC(=O)N[C@@H]21. The van der Waals surface area contributed by atoms with Crippen LogP contribution in [0.4, 0.5) is 4.79 Å². The van der Waals surface area contributed by atoms with Crippen LogP contribution in [0.5, 0.6) is 0 Å². The zero-order valence-electron chi connectivity index (χ0n) is 21.9. The molecular weight excluding hydrogens is 442 g/mol. The van der Waals surface area contributed by atoms with Crippen molar-refractivity contribution in [3.05, 3.63) is 12.2 Å². The molecule has 1 unspecified atom stereocenters. The molecule has 2 saturated heterocycles. The zero-order chi connectivity index (χ0) is 24.4. The van der Waals surface area contributed by atoms with E-state index in [-0.39, 0.29) is 30.1 Å². The van der Waals surface area contributed by atoms with Gasteiger partial charge in [-0.25, -0.2) is 4.79 Å². The van der Waals surface area contributed by atoms with Gasteiger partial charge in [-0.3, -0.25) is 4.79 Å². The molecule has 34 heavy (non-hydrogen) atoms. The van der Waals surface area contributed by atoms with Gasteiger partial charge in [0.25, 0.3) is 0 Å². The van der Waals surface area contributed by atoms with Crippen molar-refractivity contribution in [3.63, 3.8) is 0 Å². The van der Waals surface area contributed by atoms with E-state index < -0.39 is 0 Å². The van der Waals surface area contributed by atoms with Gasteiger partial charge in [0.05, 0.1) is 12.1 Å². The van der Waals surface area contributed by atoms with E-state index in [1.807, 2.05) is 11.8 Å². The Hall–Kier alpha value is -1.17. The van der Waals surface area contributed by atoms with Gasteiger partial charge in [-0.2, -0.15) is 11.8 Å². The normalized spacial score (nSPS) is 22.5. The van der Waals surface area contributed by atoms with E-state index in [9.17, 15) is 9.59 Å². The fourth-order valence-electron chi connectivity index (χ4n) is 5.05. The van der Waals surface area contributed by atoms with Crippen molar-refractivity contribution >= 4 is 23.7 Å². The summed E-state index contributed by atoms with van der Waals surface area (Å²) in [6.45, 7) is 4.34. The van der Waals surface area contributed by atoms with E-state index >= 15 is 0 Å². The first-order chi connectivity index (χ1) is 16.6. The first-order valence-electron chi connectivity index (χ1n) is 14.2. The molecule has 2 fully saturated rings. The highest BCUT2D eigenvalue weighted by Crippen LogP contribution is 2.33. The average molecular weight is 494 g/mol. The molecule has 0 bridgehead atoms. The van der Waals surface area contributed by atoms with Crippen molar-refractivity contribution in [2.45, 2.75) is 146 Å². The molecule has 196 valence electrons. The van der Waals surface area contributed by atoms with Crippen LogP contribution in [-0.4, -0.2) is 41.1 Å². The summed E-state index contributed by atoms with van der Waals surface area (Å²) < 4.78 is 0. The zero-order valence-corrected chi connectivity index (χ0v) is 22.7. The Kier molecular flexibility index (Phi) is 15.5. The molecule has 3 N–H and O–H groups in total. The van der Waals surface area contributed by atoms with E-state index in [4.69, 9.17) is 0 Å². The van der Waals surface area contributed by atoms with E-state index in [0.717, 1.165) is 31.4 Å². The van der Waals surface area contributed by atoms with Crippen molar-refractivity contribution in [2.24, 2.45) is 0 Å². The minimum absolute atomic E-state index is 0.0273. The lowest BCUT2D eigenvalue weighted by Gasteiger charge is -2.16. The third-order valence-electron chi connectivity index (χ3n) is 7.12. The monoisotopic (exact) mass is 493 g/mol. The van der Waals surface area contributed by atoms with Crippen molar-refractivity contribution < 1.29 is 9.59 Å². The molecule has 3 amide bonds. The molecule has 0 saturated carbocycles. The number of unbranched alkanes of at least 4 members (excludes halogenated alkanes) is 13. The van der Waals surface area contributed by atoms with E-state index in [0.29, 0.717) is 11.7 Å². The third kappa shape index (κ3) is 12.5. The Bertz CT molecular complexity index is 598. The Labute approximate surface area is 213 Å². The number of thioether (sulfide) groups is 1. The Morgan fingerprint density at radius 3 is 2.29 bits per heavy atom. The van der Waals surface area contributed by atoms with Crippen LogP contribution >= 0.6 is 11.8 Å². The first-order valence-corrected chi connectivity index (χ1v) is 15.3. The highest BCUT2D eigenvalue weighted by Gasteiger charge is 2.42. The number of carbonyl (C=O) groups is 2. The number of nitrogens with one attached hydrogen (secondary N) is 3. The molecule has 2 heterocycles. The van der Waals surface area contributed by atoms with Crippen LogP contribution in [-0.2, 0) is 4.79 Å². The minimum atomic E-state index is -0.0273. The predicted octanol–water partition coefficient (Wildman–Crippen LogP) is 6.86. The molecule has 6 heteroatoms. The van der Waals surface area contributed by atoms with Crippen LogP contribution in [0.15, 0.2) is 12.2 Å². The van der Waals surface area contributed by atoms with Gasteiger partial charge in [0, 0.05) is 23.5 Å². The molecule has 2 aliphatic heterocycles. The summed E-state index contributed by atoms with van der Waals surface area (Å²) in [6, 6.07) is 0.631. The highest BCUT2D eigenvalue weighted by molar-refractivity contribution is 8.00. The maximum absolute atomic E-state index is 12.2. The van der Waals surface area contributed by atoms with Crippen molar-refractivity contribution in [1.82, 2.24) is 16.0 Å². The molecule has 0 aromatic heterocycles. The summed E-state index contributed by atoms with van der Waals surface area (Å²) in [5.74, 6) is 1.15. The van der Waals surface area contributed by atoms with Gasteiger partial charge in [0.15, 0.2) is 0 Å². The lowest BCUT2D eigenvalue weighted by Crippen LogP contribution is -2.36. The smallest absolute Gasteiger partial charge is 0.315 e. The molecule has 0 aromatic rings. The first kappa shape index (κ1) is 29.1. The van der Waals surface area contributed by atoms with Gasteiger partial charge in [-0.15, -0.1) is 0 Å². The minimum Gasteiger partial charge on any atom is -0.350 e. The topological polar surface area (TPSA) is 70.2 Å². The van der Waals surface area contributed by atoms with E-state index in [1.54, 1.807) is 0 Å². The van der Waals surface area contributed by atoms with Crippen molar-refractivity contribution in [3.8, 4) is 0 Å². The van der Waals surface area contributed by atoms with E-state index in [2.05, 4.69) is 41.9 Å². The quantitative estimate of drug-likeness (QED) is 0.0985. The Balaban J connectivity index is 1.36. The van der Waals surface area contributed by atoms with Crippen LogP contribution in [0.3, 0.4) is 0 Å². The van der Waals surface area contributed by atoms with Crippen LogP contribution in [0.2, 0.25) is 0 Å². The molecule has 5 nitrogen and oxygen atoms in total. The Morgan fingerprint density at radius 2 is 1.62 bits per heavy atom. The van der Waals surface area contributed by atoms with Gasteiger partial charge in [-0.1, -0.05) is 96.1 Å². The van der Waals surface area contributed by atoms with Crippen LogP contribution in [0.25, 0.3) is 0 Å². The number of carbonyl (C=O) groups excluding carboxylic acids is 2. The van der Waals surface area contributed by atoms with Crippen LogP contribution in [0, 0.1) is 0 Å². The largest absolute Gasteiger partial charge is 0.350 e. The summed E-state index contributed by atoms with van der Waals surface area (Å²) in [7, 11) is 0. The number of rotatable bonds is 20. The van der Waals surface area contributed by atoms with Gasteiger partial charge in [0.2, 0.25) is 5.91 Å². The number of hydrogen-bond acceptors (Lipinski definition) is 3. The van der Waals surface area contributed by atoms with Gasteiger partial charge >= 0.3 is 6.03 Å². The molecule has 0 spiro atoms. The molecule has 0 aliphatic carbocycles. The maximum atomic E-state index is 12.2. The van der Waals surface area contributed by atoms with Crippen LogP contribution in [0.1, 0.15) is 123 Å². The van der Waals surface area contributed by atoms with Gasteiger partial charge in [-0.05, 0) is 32.6 Å². The number of fused-ring (bicyclic) bond motifs is 1. The molecule has 2 aliphatic rings. The average Bonchev–Trinajstić information content (AvgIpc) is 3.36. The summed E-state index contributed by atoms with van der Waals surface area (Å²) >= 11 is 1.94. The second-order valence-corrected chi connectivity index (χ2v) is 11.6. The second-order valence-electron chi connectivity index (χ2n) is 10.3. The number of amides is 3.